The van der Waals surface area contributed by atoms with Gasteiger partial charge in [-0.15, -0.1) is 0 Å². The molecule has 9 heteroatoms. The highest BCUT2D eigenvalue weighted by molar-refractivity contribution is 5.32. The zero-order chi connectivity index (χ0) is 23.0. The number of aryl methyl sites for hydroxylation is 1. The summed E-state index contributed by atoms with van der Waals surface area (Å²) in [6, 6.07) is 11.6. The summed E-state index contributed by atoms with van der Waals surface area (Å²) >= 11 is 0. The largest absolute Gasteiger partial charge is 0.483 e. The van der Waals surface area contributed by atoms with Crippen LogP contribution in [0.15, 0.2) is 48.5 Å². The summed E-state index contributed by atoms with van der Waals surface area (Å²) in [6.07, 6.45) is -3.35. The van der Waals surface area contributed by atoms with Crippen molar-refractivity contribution in [3.05, 3.63) is 71.0 Å². The van der Waals surface area contributed by atoms with Crippen molar-refractivity contribution in [2.75, 3.05) is 20.1 Å². The highest BCUT2D eigenvalue weighted by Gasteiger charge is 2.29. The van der Waals surface area contributed by atoms with Crippen LogP contribution in [0.3, 0.4) is 0 Å². The Bertz CT molecular complexity index is 704. The summed E-state index contributed by atoms with van der Waals surface area (Å²) in [7, 11) is 1.84. The second-order valence-corrected chi connectivity index (χ2v) is 6.28. The number of hydrogen-bond donors (Lipinski definition) is 4. The number of halogens is 4. The van der Waals surface area contributed by atoms with Crippen LogP contribution < -0.4 is 10.6 Å². The van der Waals surface area contributed by atoms with Crippen molar-refractivity contribution in [2.45, 2.75) is 32.2 Å². The molecule has 0 radical (unpaired) electrons. The van der Waals surface area contributed by atoms with Gasteiger partial charge in [0.25, 0.3) is 6.47 Å². The molecule has 2 aromatic rings. The molecule has 1 aliphatic heterocycles. The maximum absolute atomic E-state index is 12.5. The molecule has 1 aliphatic rings. The van der Waals surface area contributed by atoms with Gasteiger partial charge in [-0.1, -0.05) is 29.8 Å². The maximum atomic E-state index is 12.5. The van der Waals surface area contributed by atoms with E-state index >= 15 is 0 Å². The fourth-order valence-electron chi connectivity index (χ4n) is 2.23. The highest BCUT2D eigenvalue weighted by atomic mass is 19.4. The molecule has 0 bridgehead atoms. The molecular formula is C21H28F4N2O3. The van der Waals surface area contributed by atoms with Crippen LogP contribution in [0.4, 0.5) is 17.6 Å². The van der Waals surface area contributed by atoms with Gasteiger partial charge in [0.2, 0.25) is 0 Å². The molecule has 1 unspecified atom stereocenters. The normalized spacial score (nSPS) is 14.8. The first-order valence-electron chi connectivity index (χ1n) is 9.13. The van der Waals surface area contributed by atoms with E-state index in [2.05, 4.69) is 10.6 Å². The van der Waals surface area contributed by atoms with E-state index in [1.165, 1.54) is 24.3 Å². The first kappa shape index (κ1) is 27.5. The molecular weight excluding hydrogens is 404 g/mol. The Balaban J connectivity index is 0.000000407. The SMILES string of the molecule is CNCc1cccc(F)c1.Cc1ccc(C(F)(F)F)cc1.O=CO.OC1CCNC1. The number of carbonyl (C=O) groups is 1. The quantitative estimate of drug-likeness (QED) is 0.431. The minimum Gasteiger partial charge on any atom is -0.483 e. The summed E-state index contributed by atoms with van der Waals surface area (Å²) in [5.41, 5.74) is 1.21. The third kappa shape index (κ3) is 13.6. The van der Waals surface area contributed by atoms with Gasteiger partial charge in [0.05, 0.1) is 11.7 Å². The van der Waals surface area contributed by atoms with E-state index in [4.69, 9.17) is 15.0 Å². The Hall–Kier alpha value is -2.49. The van der Waals surface area contributed by atoms with Gasteiger partial charge in [0.1, 0.15) is 5.82 Å². The number of rotatable bonds is 2. The fraction of sp³-hybridized carbons (Fsp3) is 0.381. The molecule has 0 spiro atoms. The number of hydrogen-bond acceptors (Lipinski definition) is 4. The van der Waals surface area contributed by atoms with E-state index in [9.17, 15) is 17.6 Å². The molecule has 0 aliphatic carbocycles. The van der Waals surface area contributed by atoms with E-state index in [-0.39, 0.29) is 18.4 Å². The fourth-order valence-corrected chi connectivity index (χ4v) is 2.23. The van der Waals surface area contributed by atoms with Crippen molar-refractivity contribution in [3.8, 4) is 0 Å². The summed E-state index contributed by atoms with van der Waals surface area (Å²) in [4.78, 5) is 8.36. The van der Waals surface area contributed by atoms with E-state index < -0.39 is 11.7 Å². The number of aliphatic hydroxyl groups is 1. The third-order valence-corrected chi connectivity index (χ3v) is 3.68. The lowest BCUT2D eigenvalue weighted by Gasteiger charge is -2.05. The molecule has 1 atom stereocenters. The van der Waals surface area contributed by atoms with Gasteiger partial charge in [0.15, 0.2) is 0 Å². The standard InChI is InChI=1S/C8H7F3.C8H10FN.C4H9NO.CH2O2/c1-6-2-4-7(5-3-6)8(9,10)11;1-10-6-7-3-2-4-8(9)5-7;6-4-1-2-5-3-4;2-1-3/h2-5H,1H3;2-5,10H,6H2,1H3;4-6H,1-3H2;1H,(H,2,3). The van der Waals surface area contributed by atoms with Crippen molar-refractivity contribution in [2.24, 2.45) is 0 Å². The van der Waals surface area contributed by atoms with Gasteiger partial charge < -0.3 is 20.8 Å². The Morgan fingerprint density at radius 1 is 1.20 bits per heavy atom. The molecule has 3 rings (SSSR count). The highest BCUT2D eigenvalue weighted by Crippen LogP contribution is 2.28. The molecule has 1 heterocycles. The van der Waals surface area contributed by atoms with E-state index in [0.29, 0.717) is 0 Å². The van der Waals surface area contributed by atoms with Crippen LogP contribution >= 0.6 is 0 Å². The number of nitrogens with one attached hydrogen (secondary N) is 2. The first-order valence-corrected chi connectivity index (χ1v) is 9.13. The number of β-amino-alcohol motifs (C(OH)–C–C–N with tert-alkyl or cyclic N) is 1. The van der Waals surface area contributed by atoms with Gasteiger partial charge in [-0.05, 0) is 56.8 Å². The van der Waals surface area contributed by atoms with Crippen LogP contribution in [0.25, 0.3) is 0 Å². The van der Waals surface area contributed by atoms with Crippen molar-refractivity contribution in [1.82, 2.24) is 10.6 Å². The first-order chi connectivity index (χ1) is 14.1. The molecule has 0 amide bonds. The third-order valence-electron chi connectivity index (χ3n) is 3.68. The summed E-state index contributed by atoms with van der Waals surface area (Å²) in [5.74, 6) is -0.173. The molecule has 168 valence electrons. The van der Waals surface area contributed by atoms with Gasteiger partial charge >= 0.3 is 6.18 Å². The molecule has 0 saturated carbocycles. The molecule has 1 saturated heterocycles. The number of benzene rings is 2. The van der Waals surface area contributed by atoms with Crippen LogP contribution in [0.2, 0.25) is 0 Å². The van der Waals surface area contributed by atoms with Crippen molar-refractivity contribution in [1.29, 1.82) is 0 Å². The minimum absolute atomic E-state index is 0.0648. The molecule has 30 heavy (non-hydrogen) atoms. The van der Waals surface area contributed by atoms with Crippen LogP contribution in [-0.2, 0) is 17.5 Å². The number of carboxylic acid groups (broad SMARTS) is 1. The van der Waals surface area contributed by atoms with Crippen LogP contribution in [0, 0.1) is 12.7 Å². The molecule has 4 N–H and O–H groups in total. The second-order valence-electron chi connectivity index (χ2n) is 6.28. The smallest absolute Gasteiger partial charge is 0.416 e. The van der Waals surface area contributed by atoms with Crippen LogP contribution in [0.5, 0.6) is 0 Å². The van der Waals surface area contributed by atoms with Crippen molar-refractivity contribution >= 4 is 6.47 Å². The van der Waals surface area contributed by atoms with E-state index in [0.717, 1.165) is 49.3 Å². The topological polar surface area (TPSA) is 81.6 Å². The zero-order valence-corrected chi connectivity index (χ0v) is 16.9. The minimum atomic E-state index is -4.21. The predicted molar refractivity (Wildman–Crippen MR) is 108 cm³/mol. The predicted octanol–water partition coefficient (Wildman–Crippen LogP) is 3.60. The summed E-state index contributed by atoms with van der Waals surface area (Å²) in [5, 5.41) is 21.5. The molecule has 2 aromatic carbocycles. The lowest BCUT2D eigenvalue weighted by Crippen LogP contribution is -2.11. The Labute approximate surface area is 173 Å². The average Bonchev–Trinajstić information content (AvgIpc) is 3.14. The summed E-state index contributed by atoms with van der Waals surface area (Å²) < 4.78 is 48.2. The van der Waals surface area contributed by atoms with Crippen molar-refractivity contribution < 1.29 is 32.6 Å². The molecule has 0 aromatic heterocycles. The van der Waals surface area contributed by atoms with Crippen LogP contribution in [-0.4, -0.2) is 42.9 Å². The number of alkyl halides is 3. The lowest BCUT2D eigenvalue weighted by molar-refractivity contribution is -0.137. The number of aliphatic hydroxyl groups excluding tert-OH is 1. The molecule has 1 fully saturated rings. The van der Waals surface area contributed by atoms with Gasteiger partial charge in [0, 0.05) is 13.1 Å². The maximum Gasteiger partial charge on any atom is 0.416 e. The van der Waals surface area contributed by atoms with E-state index in [1.54, 1.807) is 13.0 Å². The Morgan fingerprint density at radius 3 is 2.17 bits per heavy atom. The zero-order valence-electron chi connectivity index (χ0n) is 16.9. The lowest BCUT2D eigenvalue weighted by atomic mass is 10.1. The molecule has 5 nitrogen and oxygen atoms in total. The van der Waals surface area contributed by atoms with Gasteiger partial charge in [-0.25, -0.2) is 4.39 Å². The van der Waals surface area contributed by atoms with E-state index in [1.807, 2.05) is 13.1 Å². The average molecular weight is 432 g/mol. The van der Waals surface area contributed by atoms with Crippen LogP contribution in [0.1, 0.15) is 23.1 Å². The summed E-state index contributed by atoms with van der Waals surface area (Å²) in [6.45, 7) is 4.00. The van der Waals surface area contributed by atoms with Crippen molar-refractivity contribution in [3.63, 3.8) is 0 Å². The van der Waals surface area contributed by atoms with Gasteiger partial charge in [-0.2, -0.15) is 13.2 Å². The Kier molecular flexibility index (Phi) is 14.1. The second kappa shape index (κ2) is 15.4. The Morgan fingerprint density at radius 2 is 1.80 bits per heavy atom. The monoisotopic (exact) mass is 432 g/mol. The van der Waals surface area contributed by atoms with Gasteiger partial charge in [-0.3, -0.25) is 4.79 Å².